The van der Waals surface area contributed by atoms with Gasteiger partial charge in [-0.05, 0) is 50.4 Å². The van der Waals surface area contributed by atoms with Gasteiger partial charge in [0, 0.05) is 12.6 Å². The second-order valence-corrected chi connectivity index (χ2v) is 11.2. The Morgan fingerprint density at radius 2 is 1.59 bits per heavy atom. The van der Waals surface area contributed by atoms with Crippen LogP contribution in [0.2, 0.25) is 0 Å². The molecule has 1 N–H and O–H groups in total. The molecule has 2 aliphatic rings. The highest BCUT2D eigenvalue weighted by atomic mass is 32.2. The fourth-order valence-electron chi connectivity index (χ4n) is 4.58. The third kappa shape index (κ3) is 6.54. The molecule has 1 saturated carbocycles. The first kappa shape index (κ1) is 29.1. The Hall–Kier alpha value is -1.15. The van der Waals surface area contributed by atoms with Crippen molar-refractivity contribution in [1.29, 1.82) is 0 Å². The average Bonchev–Trinajstić information content (AvgIpc) is 2.70. The van der Waals surface area contributed by atoms with Crippen LogP contribution in [0.5, 0.6) is 0 Å². The summed E-state index contributed by atoms with van der Waals surface area (Å²) in [4.78, 5) is 12.6. The number of nitrogens with one attached hydrogen (secondary N) is 1. The van der Waals surface area contributed by atoms with Gasteiger partial charge in [-0.1, -0.05) is 13.8 Å². The Bertz CT molecular complexity index is 812. The van der Waals surface area contributed by atoms with Gasteiger partial charge in [-0.15, -0.1) is 0 Å². The highest BCUT2D eigenvalue weighted by Crippen LogP contribution is 2.47. The third-order valence-corrected chi connectivity index (χ3v) is 7.32. The molecule has 1 amide bonds. The summed E-state index contributed by atoms with van der Waals surface area (Å²) in [6.07, 6.45) is -3.32. The van der Waals surface area contributed by atoms with Crippen molar-refractivity contribution in [3.8, 4) is 0 Å². The molecule has 200 valence electrons. The van der Waals surface area contributed by atoms with Crippen molar-refractivity contribution in [2.75, 3.05) is 19.4 Å². The van der Waals surface area contributed by atoms with E-state index in [2.05, 4.69) is 18.6 Å². The van der Waals surface area contributed by atoms with E-state index in [1.54, 1.807) is 0 Å². The topological polar surface area (TPSA) is 75.7 Å². The van der Waals surface area contributed by atoms with Crippen LogP contribution in [0, 0.1) is 11.8 Å². The largest absolute Gasteiger partial charge is 0.460 e. The first-order valence-electron chi connectivity index (χ1n) is 11.1. The van der Waals surface area contributed by atoms with E-state index >= 15 is 0 Å². The Labute approximate surface area is 194 Å². The van der Waals surface area contributed by atoms with Crippen molar-refractivity contribution >= 4 is 15.9 Å². The zero-order valence-electron chi connectivity index (χ0n) is 19.2. The standard InChI is InChI=1S/C20H31F7N2O4S/c1-12(2)13-6-8-14(9-7-13)33-11-16-15(28-34(3,31)32)5-4-10-29(16)17(30)18(21,22)19(23,24)20(25,26)27/h12-16,28H,4-11H2,1-3H3/t13-,14+,15?,16?. The molecule has 6 nitrogen and oxygen atoms in total. The number of alkyl halides is 7. The smallest absolute Gasteiger partial charge is 0.376 e. The van der Waals surface area contributed by atoms with Crippen LogP contribution < -0.4 is 4.72 Å². The zero-order chi connectivity index (χ0) is 26.1. The van der Waals surface area contributed by atoms with Crippen LogP contribution in [0.25, 0.3) is 0 Å². The van der Waals surface area contributed by atoms with Crippen LogP contribution in [-0.4, -0.2) is 74.8 Å². The van der Waals surface area contributed by atoms with E-state index in [9.17, 15) is 43.9 Å². The monoisotopic (exact) mass is 528 g/mol. The van der Waals surface area contributed by atoms with Crippen LogP contribution in [0.1, 0.15) is 52.4 Å². The Kier molecular flexibility index (Phi) is 8.94. The van der Waals surface area contributed by atoms with E-state index in [-0.39, 0.29) is 23.8 Å². The molecule has 0 aromatic rings. The fourth-order valence-corrected chi connectivity index (χ4v) is 5.40. The van der Waals surface area contributed by atoms with Gasteiger partial charge < -0.3 is 9.64 Å². The van der Waals surface area contributed by atoms with Crippen molar-refractivity contribution in [3.63, 3.8) is 0 Å². The molecule has 0 spiro atoms. The van der Waals surface area contributed by atoms with Gasteiger partial charge >= 0.3 is 18.0 Å². The van der Waals surface area contributed by atoms with Crippen LogP contribution in [0.15, 0.2) is 0 Å². The van der Waals surface area contributed by atoms with E-state index in [0.29, 0.717) is 24.7 Å². The molecule has 1 aliphatic carbocycles. The second-order valence-electron chi connectivity index (χ2n) is 9.47. The summed E-state index contributed by atoms with van der Waals surface area (Å²) in [6.45, 7) is 3.13. The molecule has 1 aliphatic heterocycles. The van der Waals surface area contributed by atoms with Crippen LogP contribution in [0.3, 0.4) is 0 Å². The van der Waals surface area contributed by atoms with Crippen molar-refractivity contribution in [2.24, 2.45) is 11.8 Å². The number of carbonyl (C=O) groups excluding carboxylic acids is 1. The molecule has 2 atom stereocenters. The van der Waals surface area contributed by atoms with Crippen molar-refractivity contribution in [3.05, 3.63) is 0 Å². The molecule has 14 heteroatoms. The zero-order valence-corrected chi connectivity index (χ0v) is 20.0. The normalized spacial score (nSPS) is 27.8. The predicted molar refractivity (Wildman–Crippen MR) is 109 cm³/mol. The molecule has 1 saturated heterocycles. The molecule has 0 aromatic heterocycles. The molecular formula is C20H31F7N2O4S. The highest BCUT2D eigenvalue weighted by molar-refractivity contribution is 7.88. The molecule has 34 heavy (non-hydrogen) atoms. The summed E-state index contributed by atoms with van der Waals surface area (Å²) in [7, 11) is -3.91. The molecule has 2 rings (SSSR count). The van der Waals surface area contributed by atoms with Crippen molar-refractivity contribution in [2.45, 2.75) is 88.6 Å². The molecule has 2 unspecified atom stereocenters. The maximum absolute atomic E-state index is 14.2. The lowest BCUT2D eigenvalue weighted by Crippen LogP contribution is -2.66. The number of halogens is 7. The lowest BCUT2D eigenvalue weighted by Gasteiger charge is -2.43. The minimum absolute atomic E-state index is 0.0617. The van der Waals surface area contributed by atoms with Gasteiger partial charge in [0.1, 0.15) is 0 Å². The Morgan fingerprint density at radius 1 is 1.03 bits per heavy atom. The van der Waals surface area contributed by atoms with Gasteiger partial charge in [-0.25, -0.2) is 13.1 Å². The third-order valence-electron chi connectivity index (χ3n) is 6.59. The van der Waals surface area contributed by atoms with Gasteiger partial charge in [-0.3, -0.25) is 4.79 Å². The first-order valence-corrected chi connectivity index (χ1v) is 13.0. The highest BCUT2D eigenvalue weighted by Gasteiger charge is 2.77. The van der Waals surface area contributed by atoms with Gasteiger partial charge in [0.25, 0.3) is 5.91 Å². The summed E-state index contributed by atoms with van der Waals surface area (Å²) in [5.74, 6) is -14.5. The number of sulfonamides is 1. The molecule has 0 aromatic carbocycles. The summed E-state index contributed by atoms with van der Waals surface area (Å²) in [6, 6.07) is -2.66. The van der Waals surface area contributed by atoms with E-state index in [4.69, 9.17) is 4.74 Å². The molecule has 2 fully saturated rings. The van der Waals surface area contributed by atoms with Gasteiger partial charge in [0.2, 0.25) is 10.0 Å². The Morgan fingerprint density at radius 3 is 2.06 bits per heavy atom. The SMILES string of the molecule is CC(C)[C@H]1CC[C@@H](OCC2C(NS(C)(=O)=O)CCCN2C(=O)C(F)(F)C(F)(F)C(F)(F)F)CC1. The average molecular weight is 529 g/mol. The number of ether oxygens (including phenoxy) is 1. The number of hydrogen-bond donors (Lipinski definition) is 1. The number of hydrogen-bond acceptors (Lipinski definition) is 4. The molecule has 0 radical (unpaired) electrons. The quantitative estimate of drug-likeness (QED) is 0.484. The minimum Gasteiger partial charge on any atom is -0.376 e. The van der Waals surface area contributed by atoms with Gasteiger partial charge in [0.15, 0.2) is 0 Å². The van der Waals surface area contributed by atoms with Gasteiger partial charge in [-0.2, -0.15) is 30.7 Å². The number of amides is 1. The van der Waals surface area contributed by atoms with Gasteiger partial charge in [0.05, 0.1) is 25.0 Å². The molecule has 1 heterocycles. The van der Waals surface area contributed by atoms with E-state index in [1.165, 1.54) is 0 Å². The van der Waals surface area contributed by atoms with Crippen LogP contribution >= 0.6 is 0 Å². The predicted octanol–water partition coefficient (Wildman–Crippen LogP) is 3.96. The number of rotatable bonds is 8. The summed E-state index contributed by atoms with van der Waals surface area (Å²) >= 11 is 0. The lowest BCUT2D eigenvalue weighted by atomic mass is 9.80. The first-order chi connectivity index (χ1) is 15.4. The second kappa shape index (κ2) is 10.5. The number of likely N-dealkylation sites (tertiary alicyclic amines) is 1. The number of piperidine rings is 1. The number of carbonyl (C=O) groups is 1. The Balaban J connectivity index is 2.25. The summed E-state index contributed by atoms with van der Waals surface area (Å²) in [5.41, 5.74) is 0. The number of nitrogens with zero attached hydrogens (tertiary/aromatic N) is 1. The van der Waals surface area contributed by atoms with Crippen molar-refractivity contribution < 1.29 is 48.7 Å². The van der Waals surface area contributed by atoms with Crippen molar-refractivity contribution in [1.82, 2.24) is 9.62 Å². The maximum atomic E-state index is 14.2. The molecule has 0 bridgehead atoms. The minimum atomic E-state index is -6.66. The van der Waals surface area contributed by atoms with Crippen LogP contribution in [-0.2, 0) is 19.6 Å². The summed E-state index contributed by atoms with van der Waals surface area (Å²) in [5, 5.41) is 0. The fraction of sp³-hybridized carbons (Fsp3) is 0.950. The summed E-state index contributed by atoms with van der Waals surface area (Å²) < 4.78 is 125. The van der Waals surface area contributed by atoms with Crippen LogP contribution in [0.4, 0.5) is 30.7 Å². The van der Waals surface area contributed by atoms with E-state index < -0.39 is 59.2 Å². The van der Waals surface area contributed by atoms with E-state index in [0.717, 1.165) is 19.1 Å². The molecular weight excluding hydrogens is 497 g/mol. The van der Waals surface area contributed by atoms with E-state index in [1.807, 2.05) is 0 Å². The maximum Gasteiger partial charge on any atom is 0.460 e. The lowest BCUT2D eigenvalue weighted by molar-refractivity contribution is -0.346.